The van der Waals surface area contributed by atoms with Crippen molar-refractivity contribution in [3.63, 3.8) is 0 Å². The van der Waals surface area contributed by atoms with Gasteiger partial charge in [-0.05, 0) is 55.9 Å². The third-order valence-electron chi connectivity index (χ3n) is 6.04. The zero-order chi connectivity index (χ0) is 12.1. The molecular formula is C15H24N2O. The maximum Gasteiger partial charge on any atom is 0.222 e. The number of fused-ring (bicyclic) bond motifs is 3. The lowest BCUT2D eigenvalue weighted by Crippen LogP contribution is -2.35. The van der Waals surface area contributed by atoms with Crippen molar-refractivity contribution in [1.82, 2.24) is 10.2 Å². The minimum Gasteiger partial charge on any atom is -0.341 e. The molecule has 1 N–H and O–H groups in total. The van der Waals surface area contributed by atoms with Crippen molar-refractivity contribution in [3.05, 3.63) is 0 Å². The van der Waals surface area contributed by atoms with Crippen molar-refractivity contribution in [2.45, 2.75) is 44.6 Å². The Hall–Kier alpha value is -0.570. The summed E-state index contributed by atoms with van der Waals surface area (Å²) in [4.78, 5) is 14.6. The number of nitrogens with one attached hydrogen (secondary N) is 1. The summed E-state index contributed by atoms with van der Waals surface area (Å²) in [5.74, 6) is 3.77. The molecule has 100 valence electrons. The second-order valence-corrected chi connectivity index (χ2v) is 7.05. The van der Waals surface area contributed by atoms with Gasteiger partial charge in [0.25, 0.3) is 0 Å². The van der Waals surface area contributed by atoms with Gasteiger partial charge in [-0.15, -0.1) is 0 Å². The van der Waals surface area contributed by atoms with Gasteiger partial charge in [0.05, 0.1) is 0 Å². The summed E-state index contributed by atoms with van der Waals surface area (Å²) in [6.45, 7) is 3.16. The van der Waals surface area contributed by atoms with E-state index in [0.717, 1.165) is 49.7 Å². The molecule has 0 aromatic carbocycles. The Balaban J connectivity index is 1.34. The molecule has 2 heterocycles. The zero-order valence-electron chi connectivity index (χ0n) is 11.1. The molecule has 0 aromatic heterocycles. The number of nitrogens with zero attached hydrogens (tertiary/aromatic N) is 1. The maximum atomic E-state index is 12.4. The highest BCUT2D eigenvalue weighted by Crippen LogP contribution is 2.49. The molecule has 2 aliphatic heterocycles. The highest BCUT2D eigenvalue weighted by atomic mass is 16.2. The Morgan fingerprint density at radius 2 is 2.06 bits per heavy atom. The molecule has 2 saturated heterocycles. The topological polar surface area (TPSA) is 32.3 Å². The molecule has 4 rings (SSSR count). The molecule has 18 heavy (non-hydrogen) atoms. The number of carbonyl (C=O) groups is 1. The molecule has 3 heteroatoms. The number of likely N-dealkylation sites (tertiary alicyclic amines) is 1. The van der Waals surface area contributed by atoms with E-state index in [-0.39, 0.29) is 0 Å². The lowest BCUT2D eigenvalue weighted by Gasteiger charge is -2.24. The van der Waals surface area contributed by atoms with E-state index in [1.54, 1.807) is 0 Å². The fourth-order valence-electron chi connectivity index (χ4n) is 5.03. The Bertz CT molecular complexity index is 344. The number of amides is 1. The van der Waals surface area contributed by atoms with E-state index in [1.807, 2.05) is 0 Å². The van der Waals surface area contributed by atoms with Crippen LogP contribution in [0.25, 0.3) is 0 Å². The fourth-order valence-corrected chi connectivity index (χ4v) is 5.03. The van der Waals surface area contributed by atoms with Gasteiger partial charge in [-0.1, -0.05) is 6.42 Å². The van der Waals surface area contributed by atoms with Crippen LogP contribution in [0.5, 0.6) is 0 Å². The zero-order valence-corrected chi connectivity index (χ0v) is 11.1. The van der Waals surface area contributed by atoms with Gasteiger partial charge in [0.1, 0.15) is 0 Å². The van der Waals surface area contributed by atoms with Gasteiger partial charge < -0.3 is 10.2 Å². The van der Waals surface area contributed by atoms with Crippen molar-refractivity contribution in [3.8, 4) is 0 Å². The normalized spacial score (nSPS) is 45.8. The smallest absolute Gasteiger partial charge is 0.222 e. The summed E-state index contributed by atoms with van der Waals surface area (Å²) in [7, 11) is 0. The first-order valence-electron chi connectivity index (χ1n) is 7.81. The standard InChI is InChI=1S/C15H24N2O/c18-15(7-13-6-10-1-2-11(13)5-10)17-8-12-3-4-16-14(12)9-17/h10-14,16H,1-9H2/t10?,11?,12-,13?,14+/m0/s1. The Labute approximate surface area is 109 Å². The van der Waals surface area contributed by atoms with Gasteiger partial charge >= 0.3 is 0 Å². The molecule has 4 aliphatic rings. The molecule has 3 nitrogen and oxygen atoms in total. The monoisotopic (exact) mass is 248 g/mol. The third-order valence-corrected chi connectivity index (χ3v) is 6.04. The second kappa shape index (κ2) is 4.22. The molecule has 0 aromatic rings. The van der Waals surface area contributed by atoms with Gasteiger partial charge in [-0.25, -0.2) is 0 Å². The van der Waals surface area contributed by atoms with Crippen LogP contribution in [0.4, 0.5) is 0 Å². The Morgan fingerprint density at radius 3 is 2.78 bits per heavy atom. The molecular weight excluding hydrogens is 224 g/mol. The number of carbonyl (C=O) groups excluding carboxylic acids is 1. The van der Waals surface area contributed by atoms with Crippen molar-refractivity contribution in [1.29, 1.82) is 0 Å². The largest absolute Gasteiger partial charge is 0.341 e. The first kappa shape index (κ1) is 11.3. The minimum absolute atomic E-state index is 0.448. The summed E-state index contributed by atoms with van der Waals surface area (Å²) in [5, 5.41) is 3.53. The van der Waals surface area contributed by atoms with Crippen LogP contribution in [-0.2, 0) is 4.79 Å². The minimum atomic E-state index is 0.448. The molecule has 2 aliphatic carbocycles. The molecule has 0 spiro atoms. The molecule has 2 saturated carbocycles. The van der Waals surface area contributed by atoms with Gasteiger partial charge in [-0.2, -0.15) is 0 Å². The van der Waals surface area contributed by atoms with Crippen LogP contribution in [0.15, 0.2) is 0 Å². The van der Waals surface area contributed by atoms with Gasteiger partial charge in [-0.3, -0.25) is 4.79 Å². The molecule has 3 unspecified atom stereocenters. The summed E-state index contributed by atoms with van der Waals surface area (Å²) >= 11 is 0. The molecule has 5 atom stereocenters. The lowest BCUT2D eigenvalue weighted by molar-refractivity contribution is -0.131. The van der Waals surface area contributed by atoms with Crippen molar-refractivity contribution >= 4 is 5.91 Å². The summed E-state index contributed by atoms with van der Waals surface area (Å²) in [5.41, 5.74) is 0. The number of hydrogen-bond donors (Lipinski definition) is 1. The van der Waals surface area contributed by atoms with Crippen LogP contribution in [0, 0.1) is 23.7 Å². The van der Waals surface area contributed by atoms with E-state index in [1.165, 1.54) is 32.1 Å². The van der Waals surface area contributed by atoms with Gasteiger partial charge in [0.2, 0.25) is 5.91 Å². The van der Waals surface area contributed by atoms with Crippen LogP contribution in [0.2, 0.25) is 0 Å². The molecule has 4 fully saturated rings. The first-order chi connectivity index (χ1) is 8.79. The number of hydrogen-bond acceptors (Lipinski definition) is 2. The van der Waals surface area contributed by atoms with Crippen molar-refractivity contribution in [2.75, 3.05) is 19.6 Å². The van der Waals surface area contributed by atoms with E-state index in [4.69, 9.17) is 0 Å². The van der Waals surface area contributed by atoms with Crippen molar-refractivity contribution < 1.29 is 4.79 Å². The van der Waals surface area contributed by atoms with E-state index < -0.39 is 0 Å². The molecule has 2 bridgehead atoms. The Morgan fingerprint density at radius 1 is 1.11 bits per heavy atom. The average molecular weight is 248 g/mol. The van der Waals surface area contributed by atoms with Crippen LogP contribution in [0.1, 0.15) is 38.5 Å². The van der Waals surface area contributed by atoms with E-state index >= 15 is 0 Å². The maximum absolute atomic E-state index is 12.4. The quantitative estimate of drug-likeness (QED) is 0.805. The van der Waals surface area contributed by atoms with Crippen LogP contribution >= 0.6 is 0 Å². The first-order valence-corrected chi connectivity index (χ1v) is 7.81. The summed E-state index contributed by atoms with van der Waals surface area (Å²) in [6.07, 6.45) is 7.71. The fraction of sp³-hybridized carbons (Fsp3) is 0.933. The SMILES string of the molecule is O=C(CC1CC2CCC1C2)N1C[C@@H]2CCN[C@@H]2C1. The Kier molecular flexibility index (Phi) is 2.65. The van der Waals surface area contributed by atoms with E-state index in [2.05, 4.69) is 10.2 Å². The van der Waals surface area contributed by atoms with Crippen molar-refractivity contribution in [2.24, 2.45) is 23.7 Å². The van der Waals surface area contributed by atoms with E-state index in [0.29, 0.717) is 11.9 Å². The lowest BCUT2D eigenvalue weighted by atomic mass is 9.86. The highest BCUT2D eigenvalue weighted by Gasteiger charge is 2.42. The number of rotatable bonds is 2. The predicted molar refractivity (Wildman–Crippen MR) is 70.0 cm³/mol. The average Bonchev–Trinajstić information content (AvgIpc) is 3.08. The van der Waals surface area contributed by atoms with Crippen LogP contribution in [-0.4, -0.2) is 36.5 Å². The van der Waals surface area contributed by atoms with Gasteiger partial charge in [0, 0.05) is 25.6 Å². The molecule has 1 amide bonds. The summed E-state index contributed by atoms with van der Waals surface area (Å²) in [6, 6.07) is 0.606. The van der Waals surface area contributed by atoms with Crippen LogP contribution < -0.4 is 5.32 Å². The van der Waals surface area contributed by atoms with Crippen LogP contribution in [0.3, 0.4) is 0 Å². The third kappa shape index (κ3) is 1.78. The highest BCUT2D eigenvalue weighted by molar-refractivity contribution is 5.77. The predicted octanol–water partition coefficient (Wildman–Crippen LogP) is 1.63. The van der Waals surface area contributed by atoms with Gasteiger partial charge in [0.15, 0.2) is 0 Å². The second-order valence-electron chi connectivity index (χ2n) is 7.05. The molecule has 0 radical (unpaired) electrons. The summed E-state index contributed by atoms with van der Waals surface area (Å²) < 4.78 is 0. The van der Waals surface area contributed by atoms with E-state index in [9.17, 15) is 4.79 Å².